The normalized spacial score (nSPS) is 12.5. The minimum Gasteiger partial charge on any atom is -0.462 e. The van der Waals surface area contributed by atoms with Gasteiger partial charge in [0.15, 0.2) is 6.10 Å². The third-order valence-corrected chi connectivity index (χ3v) is 11.6. The van der Waals surface area contributed by atoms with Crippen molar-refractivity contribution in [2.45, 2.75) is 278 Å². The fourth-order valence-electron chi connectivity index (χ4n) is 7.43. The Bertz CT molecular complexity index is 856. The molecule has 0 aromatic rings. The van der Waals surface area contributed by atoms with Crippen LogP contribution in [0.2, 0.25) is 0 Å². The second-order valence-corrected chi connectivity index (χ2v) is 17.8. The monoisotopic (exact) mass is 793 g/mol. The van der Waals surface area contributed by atoms with E-state index >= 15 is 0 Å². The lowest BCUT2D eigenvalue weighted by Crippen LogP contribution is -2.30. The lowest BCUT2D eigenvalue weighted by Gasteiger charge is -2.18. The maximum atomic E-state index is 12.7. The lowest BCUT2D eigenvalue weighted by molar-refractivity contribution is -0.167. The van der Waals surface area contributed by atoms with Crippen LogP contribution in [0.4, 0.5) is 0 Å². The van der Waals surface area contributed by atoms with Crippen LogP contribution in [-0.4, -0.2) is 37.2 Å². The molecule has 1 unspecified atom stereocenters. The van der Waals surface area contributed by atoms with Crippen molar-refractivity contribution in [2.24, 2.45) is 11.8 Å². The molecule has 0 radical (unpaired) electrons. The minimum absolute atomic E-state index is 0.0651. The molecule has 332 valence electrons. The van der Waals surface area contributed by atoms with Crippen LogP contribution in [-0.2, 0) is 28.6 Å². The maximum absolute atomic E-state index is 12.7. The molecule has 6 nitrogen and oxygen atoms in total. The van der Waals surface area contributed by atoms with Gasteiger partial charge in [-0.1, -0.05) is 234 Å². The average Bonchev–Trinajstić information content (AvgIpc) is 3.18. The largest absolute Gasteiger partial charge is 0.462 e. The molecular weight excluding hydrogens is 697 g/mol. The summed E-state index contributed by atoms with van der Waals surface area (Å²) in [5.74, 6) is 0.797. The zero-order valence-corrected chi connectivity index (χ0v) is 38.3. The quantitative estimate of drug-likeness (QED) is 0.0347. The average molecular weight is 793 g/mol. The summed E-state index contributed by atoms with van der Waals surface area (Å²) in [5, 5.41) is 0. The predicted molar refractivity (Wildman–Crippen MR) is 238 cm³/mol. The van der Waals surface area contributed by atoms with Crippen molar-refractivity contribution in [1.82, 2.24) is 0 Å². The van der Waals surface area contributed by atoms with Gasteiger partial charge in [-0.25, -0.2) is 0 Å². The summed E-state index contributed by atoms with van der Waals surface area (Å²) in [4.78, 5) is 37.8. The molecular formula is C50H96O6. The third kappa shape index (κ3) is 42.0. The second kappa shape index (κ2) is 43.0. The van der Waals surface area contributed by atoms with E-state index in [1.54, 1.807) is 0 Å². The van der Waals surface area contributed by atoms with E-state index < -0.39 is 6.10 Å². The topological polar surface area (TPSA) is 78.9 Å². The van der Waals surface area contributed by atoms with E-state index in [4.69, 9.17) is 14.2 Å². The molecule has 56 heavy (non-hydrogen) atoms. The molecule has 0 rings (SSSR count). The van der Waals surface area contributed by atoms with Crippen LogP contribution in [0.15, 0.2) is 0 Å². The number of rotatable bonds is 44. The van der Waals surface area contributed by atoms with Crippen molar-refractivity contribution in [1.29, 1.82) is 0 Å². The summed E-state index contributed by atoms with van der Waals surface area (Å²) < 4.78 is 16.7. The molecule has 0 aromatic carbocycles. The second-order valence-electron chi connectivity index (χ2n) is 17.8. The highest BCUT2D eigenvalue weighted by molar-refractivity contribution is 5.71. The van der Waals surface area contributed by atoms with E-state index in [0.717, 1.165) is 69.6 Å². The highest BCUT2D eigenvalue weighted by Crippen LogP contribution is 2.17. The summed E-state index contributed by atoms with van der Waals surface area (Å²) >= 11 is 0. The molecule has 0 spiro atoms. The highest BCUT2D eigenvalue weighted by atomic mass is 16.6. The molecule has 0 saturated carbocycles. The van der Waals surface area contributed by atoms with Gasteiger partial charge in [-0.3, -0.25) is 14.4 Å². The van der Waals surface area contributed by atoms with Gasteiger partial charge < -0.3 is 14.2 Å². The van der Waals surface area contributed by atoms with Crippen LogP contribution in [0, 0.1) is 11.8 Å². The number of ether oxygens (including phenoxy) is 3. The van der Waals surface area contributed by atoms with Gasteiger partial charge in [0.1, 0.15) is 13.2 Å². The van der Waals surface area contributed by atoms with Crippen LogP contribution < -0.4 is 0 Å². The SMILES string of the molecule is CCCCCCCCCCCCCC(=O)OC[C@H](COC(=O)CCCCCCCCCCCCCCCCC(C)CC)OC(=O)CCCCCCCCC(C)C. The van der Waals surface area contributed by atoms with Crippen molar-refractivity contribution in [3.63, 3.8) is 0 Å². The molecule has 0 amide bonds. The fourth-order valence-corrected chi connectivity index (χ4v) is 7.43. The van der Waals surface area contributed by atoms with Gasteiger partial charge in [0.25, 0.3) is 0 Å². The van der Waals surface area contributed by atoms with Gasteiger partial charge in [-0.15, -0.1) is 0 Å². The summed E-state index contributed by atoms with van der Waals surface area (Å²) in [6.45, 7) is 11.3. The highest BCUT2D eigenvalue weighted by Gasteiger charge is 2.19. The number of carbonyl (C=O) groups is 3. The molecule has 0 aliphatic carbocycles. The first-order chi connectivity index (χ1) is 27.3. The molecule has 0 aromatic heterocycles. The van der Waals surface area contributed by atoms with Crippen LogP contribution in [0.5, 0.6) is 0 Å². The van der Waals surface area contributed by atoms with Gasteiger partial charge in [-0.05, 0) is 31.1 Å². The lowest BCUT2D eigenvalue weighted by atomic mass is 9.99. The van der Waals surface area contributed by atoms with Gasteiger partial charge in [0.05, 0.1) is 0 Å². The molecule has 0 fully saturated rings. The van der Waals surface area contributed by atoms with E-state index in [1.165, 1.54) is 161 Å². The van der Waals surface area contributed by atoms with Crippen LogP contribution >= 0.6 is 0 Å². The van der Waals surface area contributed by atoms with Crippen molar-refractivity contribution in [2.75, 3.05) is 13.2 Å². The number of unbranched alkanes of at least 4 members (excludes halogenated alkanes) is 28. The number of carbonyl (C=O) groups excluding carboxylic acids is 3. The van der Waals surface area contributed by atoms with Crippen molar-refractivity contribution < 1.29 is 28.6 Å². The molecule has 6 heteroatoms. The summed E-state index contributed by atoms with van der Waals surface area (Å²) in [6, 6.07) is 0. The number of hydrogen-bond donors (Lipinski definition) is 0. The van der Waals surface area contributed by atoms with Crippen molar-refractivity contribution in [3.8, 4) is 0 Å². The summed E-state index contributed by atoms with van der Waals surface area (Å²) in [5.41, 5.74) is 0. The zero-order chi connectivity index (χ0) is 41.2. The number of esters is 3. The van der Waals surface area contributed by atoms with Crippen LogP contribution in [0.25, 0.3) is 0 Å². The zero-order valence-electron chi connectivity index (χ0n) is 38.3. The Morgan fingerprint density at radius 2 is 0.679 bits per heavy atom. The van der Waals surface area contributed by atoms with Gasteiger partial charge >= 0.3 is 17.9 Å². The first-order valence-electron chi connectivity index (χ1n) is 24.8. The first kappa shape index (κ1) is 54.4. The van der Waals surface area contributed by atoms with E-state index in [-0.39, 0.29) is 31.1 Å². The molecule has 2 atom stereocenters. The Morgan fingerprint density at radius 3 is 1.02 bits per heavy atom. The Balaban J connectivity index is 4.23. The van der Waals surface area contributed by atoms with Crippen LogP contribution in [0.3, 0.4) is 0 Å². The summed E-state index contributed by atoms with van der Waals surface area (Å²) in [6.07, 6.45) is 42.4. The first-order valence-corrected chi connectivity index (χ1v) is 24.8. The Hall–Kier alpha value is -1.59. The predicted octanol–water partition coefficient (Wildman–Crippen LogP) is 15.8. The number of hydrogen-bond acceptors (Lipinski definition) is 6. The molecule has 0 aliphatic heterocycles. The molecule has 0 bridgehead atoms. The van der Waals surface area contributed by atoms with Crippen LogP contribution in [0.1, 0.15) is 272 Å². The summed E-state index contributed by atoms with van der Waals surface area (Å²) in [7, 11) is 0. The van der Waals surface area contributed by atoms with Gasteiger partial charge in [0, 0.05) is 19.3 Å². The molecule has 0 saturated heterocycles. The van der Waals surface area contributed by atoms with Crippen molar-refractivity contribution in [3.05, 3.63) is 0 Å². The van der Waals surface area contributed by atoms with E-state index in [2.05, 4.69) is 34.6 Å². The molecule has 0 aliphatic rings. The fraction of sp³-hybridized carbons (Fsp3) is 0.940. The van der Waals surface area contributed by atoms with Gasteiger partial charge in [0.2, 0.25) is 0 Å². The van der Waals surface area contributed by atoms with E-state index in [9.17, 15) is 14.4 Å². The Kier molecular flexibility index (Phi) is 41.8. The molecule has 0 heterocycles. The maximum Gasteiger partial charge on any atom is 0.306 e. The Morgan fingerprint density at radius 1 is 0.375 bits per heavy atom. The van der Waals surface area contributed by atoms with E-state index in [0.29, 0.717) is 19.3 Å². The third-order valence-electron chi connectivity index (χ3n) is 11.6. The molecule has 0 N–H and O–H groups in total. The smallest absolute Gasteiger partial charge is 0.306 e. The standard InChI is InChI=1S/C50H96O6/c1-6-8-9-10-11-12-17-21-24-30-35-40-48(51)54-43-47(56-50(53)42-37-32-27-26-28-33-38-45(3)4)44-55-49(52)41-36-31-25-22-19-16-14-13-15-18-20-23-29-34-39-46(5)7-2/h45-47H,6-44H2,1-5H3/t46?,47-/m1/s1. The van der Waals surface area contributed by atoms with Crippen molar-refractivity contribution >= 4 is 17.9 Å². The van der Waals surface area contributed by atoms with E-state index in [1.807, 2.05) is 0 Å². The minimum atomic E-state index is -0.761. The Labute approximate surface area is 348 Å². The van der Waals surface area contributed by atoms with Gasteiger partial charge in [-0.2, -0.15) is 0 Å².